The number of para-hydroxylation sites is 1. The van der Waals surface area contributed by atoms with Crippen LogP contribution < -0.4 is 5.56 Å². The van der Waals surface area contributed by atoms with Gasteiger partial charge in [-0.2, -0.15) is 0 Å². The monoisotopic (exact) mass is 338 g/mol. The minimum absolute atomic E-state index is 0.114. The highest BCUT2D eigenvalue weighted by Gasteiger charge is 2.16. The number of nitrogens with zero attached hydrogens (tertiary/aromatic N) is 2. The van der Waals surface area contributed by atoms with Crippen molar-refractivity contribution in [3.05, 3.63) is 95.5 Å². The van der Waals surface area contributed by atoms with Gasteiger partial charge in [0, 0.05) is 0 Å². The zero-order chi connectivity index (χ0) is 17.5. The lowest BCUT2D eigenvalue weighted by molar-refractivity contribution is 0.574. The Morgan fingerprint density at radius 2 is 1.62 bits per heavy atom. The third kappa shape index (κ3) is 2.24. The molecule has 3 aromatic carbocycles. The van der Waals surface area contributed by atoms with E-state index in [4.69, 9.17) is 9.40 Å². The molecule has 0 bridgehead atoms. The van der Waals surface area contributed by atoms with Crippen LogP contribution in [0.2, 0.25) is 0 Å². The third-order valence-corrected chi connectivity index (χ3v) is 4.51. The van der Waals surface area contributed by atoms with Crippen LogP contribution in [0.1, 0.15) is 0 Å². The van der Waals surface area contributed by atoms with Gasteiger partial charge in [0.15, 0.2) is 11.6 Å². The molecule has 4 nitrogen and oxygen atoms in total. The highest BCUT2D eigenvalue weighted by Crippen LogP contribution is 2.24. The third-order valence-electron chi connectivity index (χ3n) is 4.51. The molecule has 0 aliphatic carbocycles. The Balaban J connectivity index is 1.89. The number of aromatic nitrogens is 2. The lowest BCUT2D eigenvalue weighted by Crippen LogP contribution is -2.21. The summed E-state index contributed by atoms with van der Waals surface area (Å²) in [5, 5.41) is 2.77. The predicted molar refractivity (Wildman–Crippen MR) is 103 cm³/mol. The molecule has 0 fully saturated rings. The Morgan fingerprint density at radius 3 is 2.46 bits per heavy atom. The number of hydrogen-bond donors (Lipinski definition) is 0. The molecular weight excluding hydrogens is 324 g/mol. The zero-order valence-electron chi connectivity index (χ0n) is 13.8. The topological polar surface area (TPSA) is 48.0 Å². The maximum atomic E-state index is 13.3. The Hall–Kier alpha value is -3.66. The van der Waals surface area contributed by atoms with E-state index in [0.29, 0.717) is 22.5 Å². The van der Waals surface area contributed by atoms with Crippen molar-refractivity contribution in [2.45, 2.75) is 0 Å². The SMILES string of the molecule is O=c1c2ccccc2nc(-c2ccco2)n1-c1ccc2ccccc2c1. The molecule has 0 amide bonds. The van der Waals surface area contributed by atoms with Crippen LogP contribution in [-0.2, 0) is 0 Å². The van der Waals surface area contributed by atoms with Gasteiger partial charge in [-0.05, 0) is 47.2 Å². The van der Waals surface area contributed by atoms with Crippen LogP contribution in [0.25, 0.3) is 38.9 Å². The van der Waals surface area contributed by atoms with Crippen LogP contribution in [-0.4, -0.2) is 9.55 Å². The van der Waals surface area contributed by atoms with Crippen molar-refractivity contribution >= 4 is 21.7 Å². The summed E-state index contributed by atoms with van der Waals surface area (Å²) in [7, 11) is 0. The second-order valence-electron chi connectivity index (χ2n) is 6.10. The summed E-state index contributed by atoms with van der Waals surface area (Å²) in [6, 6.07) is 25.0. The molecule has 0 atom stereocenters. The van der Waals surface area contributed by atoms with Gasteiger partial charge in [0.05, 0.1) is 22.9 Å². The Kier molecular flexibility index (Phi) is 3.22. The average molecular weight is 338 g/mol. The number of hydrogen-bond acceptors (Lipinski definition) is 3. The summed E-state index contributed by atoms with van der Waals surface area (Å²) in [6.45, 7) is 0. The maximum Gasteiger partial charge on any atom is 0.266 e. The van der Waals surface area contributed by atoms with Crippen molar-refractivity contribution in [2.75, 3.05) is 0 Å². The van der Waals surface area contributed by atoms with E-state index in [-0.39, 0.29) is 5.56 Å². The molecule has 0 spiro atoms. The molecule has 0 saturated heterocycles. The smallest absolute Gasteiger partial charge is 0.266 e. The Bertz CT molecular complexity index is 1300. The maximum absolute atomic E-state index is 13.3. The van der Waals surface area contributed by atoms with Gasteiger partial charge in [-0.1, -0.05) is 42.5 Å². The van der Waals surface area contributed by atoms with Gasteiger partial charge in [0.2, 0.25) is 0 Å². The van der Waals surface area contributed by atoms with E-state index in [1.165, 1.54) is 0 Å². The highest BCUT2D eigenvalue weighted by atomic mass is 16.3. The van der Waals surface area contributed by atoms with Gasteiger partial charge in [0.25, 0.3) is 5.56 Å². The number of furan rings is 1. The van der Waals surface area contributed by atoms with Crippen LogP contribution in [0.4, 0.5) is 0 Å². The van der Waals surface area contributed by atoms with E-state index in [1.807, 2.05) is 66.7 Å². The molecule has 0 aliphatic heterocycles. The van der Waals surface area contributed by atoms with E-state index >= 15 is 0 Å². The van der Waals surface area contributed by atoms with Gasteiger partial charge in [-0.25, -0.2) is 4.98 Å². The fourth-order valence-electron chi connectivity index (χ4n) is 3.26. The minimum atomic E-state index is -0.114. The summed E-state index contributed by atoms with van der Waals surface area (Å²) < 4.78 is 7.17. The lowest BCUT2D eigenvalue weighted by atomic mass is 10.1. The predicted octanol–water partition coefficient (Wildman–Crippen LogP) is 4.80. The normalized spacial score (nSPS) is 11.2. The lowest BCUT2D eigenvalue weighted by Gasteiger charge is -2.13. The Morgan fingerprint density at radius 1 is 0.808 bits per heavy atom. The van der Waals surface area contributed by atoms with E-state index in [1.54, 1.807) is 23.0 Å². The van der Waals surface area contributed by atoms with E-state index in [9.17, 15) is 4.79 Å². The quantitative estimate of drug-likeness (QED) is 0.464. The first kappa shape index (κ1) is 14.7. The number of rotatable bonds is 2. The van der Waals surface area contributed by atoms with Crippen molar-refractivity contribution in [3.8, 4) is 17.3 Å². The molecule has 5 rings (SSSR count). The molecule has 124 valence electrons. The van der Waals surface area contributed by atoms with Gasteiger partial charge >= 0.3 is 0 Å². The zero-order valence-corrected chi connectivity index (χ0v) is 13.8. The minimum Gasteiger partial charge on any atom is -0.461 e. The van der Waals surface area contributed by atoms with Gasteiger partial charge < -0.3 is 4.42 Å². The Labute approximate surface area is 149 Å². The van der Waals surface area contributed by atoms with Gasteiger partial charge in [-0.15, -0.1) is 0 Å². The van der Waals surface area contributed by atoms with E-state index in [2.05, 4.69) is 0 Å². The summed E-state index contributed by atoms with van der Waals surface area (Å²) in [4.78, 5) is 18.0. The van der Waals surface area contributed by atoms with Gasteiger partial charge in [0.1, 0.15) is 0 Å². The fraction of sp³-hybridized carbons (Fsp3) is 0. The molecule has 0 saturated carbocycles. The van der Waals surface area contributed by atoms with Crippen LogP contribution in [0, 0.1) is 0 Å². The summed E-state index contributed by atoms with van der Waals surface area (Å²) in [6.07, 6.45) is 1.58. The van der Waals surface area contributed by atoms with Crippen molar-refractivity contribution < 1.29 is 4.42 Å². The van der Waals surface area contributed by atoms with E-state index in [0.717, 1.165) is 16.5 Å². The summed E-state index contributed by atoms with van der Waals surface area (Å²) >= 11 is 0. The van der Waals surface area contributed by atoms with Crippen LogP contribution in [0.5, 0.6) is 0 Å². The summed E-state index contributed by atoms with van der Waals surface area (Å²) in [5.41, 5.74) is 1.30. The van der Waals surface area contributed by atoms with Crippen LogP contribution in [0.15, 0.2) is 94.3 Å². The molecule has 5 aromatic rings. The van der Waals surface area contributed by atoms with Crippen molar-refractivity contribution in [1.29, 1.82) is 0 Å². The summed E-state index contributed by atoms with van der Waals surface area (Å²) in [5.74, 6) is 1.05. The van der Waals surface area contributed by atoms with Crippen LogP contribution >= 0.6 is 0 Å². The first-order chi connectivity index (χ1) is 12.8. The van der Waals surface area contributed by atoms with Crippen molar-refractivity contribution in [2.24, 2.45) is 0 Å². The first-order valence-corrected chi connectivity index (χ1v) is 8.36. The molecule has 2 heterocycles. The van der Waals surface area contributed by atoms with Crippen molar-refractivity contribution in [3.63, 3.8) is 0 Å². The molecule has 0 radical (unpaired) electrons. The molecule has 0 N–H and O–H groups in total. The van der Waals surface area contributed by atoms with Gasteiger partial charge in [-0.3, -0.25) is 9.36 Å². The van der Waals surface area contributed by atoms with Crippen LogP contribution in [0.3, 0.4) is 0 Å². The average Bonchev–Trinajstić information content (AvgIpc) is 3.22. The standard InChI is InChI=1S/C22H14N2O2/c25-22-18-8-3-4-9-19(18)23-21(20-10-5-13-26-20)24(22)17-12-11-15-6-1-2-7-16(15)14-17/h1-14H. The fourth-order valence-corrected chi connectivity index (χ4v) is 3.26. The van der Waals surface area contributed by atoms with E-state index < -0.39 is 0 Å². The molecule has 4 heteroatoms. The number of fused-ring (bicyclic) bond motifs is 2. The molecule has 2 aromatic heterocycles. The first-order valence-electron chi connectivity index (χ1n) is 8.36. The molecule has 0 unspecified atom stereocenters. The molecule has 0 aliphatic rings. The number of benzene rings is 3. The second kappa shape index (κ2) is 5.70. The second-order valence-corrected chi connectivity index (χ2v) is 6.10. The molecular formula is C22H14N2O2. The molecule has 26 heavy (non-hydrogen) atoms. The largest absolute Gasteiger partial charge is 0.461 e. The van der Waals surface area contributed by atoms with Crippen molar-refractivity contribution in [1.82, 2.24) is 9.55 Å². The highest BCUT2D eigenvalue weighted by molar-refractivity contribution is 5.85.